The first-order chi connectivity index (χ1) is 14.1. The Hall–Kier alpha value is -2.93. The number of fused-ring (bicyclic) bond motifs is 1. The van der Waals surface area contributed by atoms with Gasteiger partial charge in [0, 0.05) is 35.1 Å². The molecule has 6 nitrogen and oxygen atoms in total. The van der Waals surface area contributed by atoms with Gasteiger partial charge < -0.3 is 14.8 Å². The molecule has 150 valence electrons. The number of benzene rings is 1. The SMILES string of the molecule is O=C(Cn1cc(C(=O)C(=O)N2CCCCC2)c2ccccc21)NCc1cccs1. The van der Waals surface area contributed by atoms with Crippen LogP contribution in [0, 0.1) is 0 Å². The Balaban J connectivity index is 1.53. The number of hydrogen-bond donors (Lipinski definition) is 1. The van der Waals surface area contributed by atoms with Crippen LogP contribution in [0.15, 0.2) is 48.0 Å². The molecule has 1 aliphatic rings. The molecule has 0 aliphatic carbocycles. The lowest BCUT2D eigenvalue weighted by molar-refractivity contribution is -0.127. The van der Waals surface area contributed by atoms with Gasteiger partial charge in [0.25, 0.3) is 11.7 Å². The van der Waals surface area contributed by atoms with Crippen LogP contribution in [0.3, 0.4) is 0 Å². The van der Waals surface area contributed by atoms with Gasteiger partial charge >= 0.3 is 0 Å². The lowest BCUT2D eigenvalue weighted by atomic mass is 10.1. The number of carbonyl (C=O) groups is 3. The van der Waals surface area contributed by atoms with E-state index in [4.69, 9.17) is 0 Å². The molecule has 0 atom stereocenters. The van der Waals surface area contributed by atoms with Crippen LogP contribution in [-0.4, -0.2) is 40.2 Å². The van der Waals surface area contributed by atoms with E-state index < -0.39 is 11.7 Å². The molecule has 1 N–H and O–H groups in total. The van der Waals surface area contributed by atoms with E-state index >= 15 is 0 Å². The molecule has 29 heavy (non-hydrogen) atoms. The average molecular weight is 410 g/mol. The Bertz CT molecular complexity index is 1030. The van der Waals surface area contributed by atoms with Crippen LogP contribution in [0.25, 0.3) is 10.9 Å². The van der Waals surface area contributed by atoms with E-state index in [-0.39, 0.29) is 12.5 Å². The van der Waals surface area contributed by atoms with Crippen LogP contribution in [0.1, 0.15) is 34.5 Å². The first kappa shape index (κ1) is 19.4. The summed E-state index contributed by atoms with van der Waals surface area (Å²) in [6.07, 6.45) is 4.60. The molecule has 7 heteroatoms. The molecule has 3 heterocycles. The largest absolute Gasteiger partial charge is 0.350 e. The van der Waals surface area contributed by atoms with Crippen LogP contribution in [0.4, 0.5) is 0 Å². The third kappa shape index (κ3) is 4.24. The summed E-state index contributed by atoms with van der Waals surface area (Å²) in [5.74, 6) is -1.09. The molecule has 0 spiro atoms. The summed E-state index contributed by atoms with van der Waals surface area (Å²) in [5, 5.41) is 5.57. The zero-order chi connectivity index (χ0) is 20.2. The minimum atomic E-state index is -0.499. The number of Topliss-reactive ketones (excluding diaryl/α,β-unsaturated/α-hetero) is 1. The number of thiophene rings is 1. The molecule has 3 aromatic rings. The number of piperidine rings is 1. The lowest BCUT2D eigenvalue weighted by Gasteiger charge is -2.25. The summed E-state index contributed by atoms with van der Waals surface area (Å²) in [4.78, 5) is 40.8. The topological polar surface area (TPSA) is 71.4 Å². The van der Waals surface area contributed by atoms with Gasteiger partial charge in [-0.1, -0.05) is 24.3 Å². The minimum absolute atomic E-state index is 0.0943. The van der Waals surface area contributed by atoms with Crippen molar-refractivity contribution in [2.24, 2.45) is 0 Å². The smallest absolute Gasteiger partial charge is 0.295 e. The number of nitrogens with one attached hydrogen (secondary N) is 1. The number of nitrogens with zero attached hydrogens (tertiary/aromatic N) is 2. The van der Waals surface area contributed by atoms with Gasteiger partial charge in [0.05, 0.1) is 12.1 Å². The monoisotopic (exact) mass is 409 g/mol. The van der Waals surface area contributed by atoms with Crippen molar-refractivity contribution < 1.29 is 14.4 Å². The fraction of sp³-hybridized carbons (Fsp3) is 0.318. The highest BCUT2D eigenvalue weighted by Crippen LogP contribution is 2.23. The Morgan fingerprint density at radius 2 is 1.79 bits per heavy atom. The Morgan fingerprint density at radius 1 is 1.00 bits per heavy atom. The summed E-state index contributed by atoms with van der Waals surface area (Å²) < 4.78 is 1.75. The van der Waals surface area contributed by atoms with Crippen LogP contribution in [0.2, 0.25) is 0 Å². The minimum Gasteiger partial charge on any atom is -0.350 e. The third-order valence-electron chi connectivity index (χ3n) is 5.22. The van der Waals surface area contributed by atoms with E-state index in [9.17, 15) is 14.4 Å². The number of rotatable bonds is 6. The quantitative estimate of drug-likeness (QED) is 0.502. The molecule has 1 saturated heterocycles. The summed E-state index contributed by atoms with van der Waals surface area (Å²) in [6.45, 7) is 1.84. The zero-order valence-electron chi connectivity index (χ0n) is 16.1. The van der Waals surface area contributed by atoms with Crippen LogP contribution in [-0.2, 0) is 22.7 Å². The molecule has 0 bridgehead atoms. The predicted molar refractivity (Wildman–Crippen MR) is 113 cm³/mol. The van der Waals surface area contributed by atoms with Gasteiger partial charge in [0.15, 0.2) is 0 Å². The van der Waals surface area contributed by atoms with Gasteiger partial charge in [-0.3, -0.25) is 14.4 Å². The van der Waals surface area contributed by atoms with Crippen molar-refractivity contribution in [3.63, 3.8) is 0 Å². The second kappa shape index (κ2) is 8.61. The zero-order valence-corrected chi connectivity index (χ0v) is 16.9. The van der Waals surface area contributed by atoms with Crippen LogP contribution in [0.5, 0.6) is 0 Å². The Morgan fingerprint density at radius 3 is 2.55 bits per heavy atom. The number of hydrogen-bond acceptors (Lipinski definition) is 4. The van der Waals surface area contributed by atoms with E-state index in [0.29, 0.717) is 30.6 Å². The molecule has 1 aromatic carbocycles. The number of ketones is 1. The van der Waals surface area contributed by atoms with Crippen molar-refractivity contribution in [1.29, 1.82) is 0 Å². The highest BCUT2D eigenvalue weighted by atomic mass is 32.1. The second-order valence-electron chi connectivity index (χ2n) is 7.23. The van der Waals surface area contributed by atoms with E-state index in [0.717, 1.165) is 29.7 Å². The van der Waals surface area contributed by atoms with Crippen LogP contribution >= 0.6 is 11.3 Å². The number of likely N-dealkylation sites (tertiary alicyclic amines) is 1. The van der Waals surface area contributed by atoms with Crippen LogP contribution < -0.4 is 5.32 Å². The summed E-state index contributed by atoms with van der Waals surface area (Å²) in [6, 6.07) is 11.3. The summed E-state index contributed by atoms with van der Waals surface area (Å²) >= 11 is 1.59. The molecular formula is C22H23N3O3S. The normalized spacial score (nSPS) is 14.1. The lowest BCUT2D eigenvalue weighted by Crippen LogP contribution is -2.40. The molecule has 2 amide bonds. The van der Waals surface area contributed by atoms with E-state index in [1.807, 2.05) is 41.8 Å². The molecule has 4 rings (SSSR count). The van der Waals surface area contributed by atoms with Crippen molar-refractivity contribution in [3.05, 3.63) is 58.4 Å². The molecule has 2 aromatic heterocycles. The molecular weight excluding hydrogens is 386 g/mol. The molecule has 0 radical (unpaired) electrons. The van der Waals surface area contributed by atoms with Gasteiger partial charge in [-0.25, -0.2) is 0 Å². The molecule has 0 unspecified atom stereocenters. The molecule has 1 aliphatic heterocycles. The first-order valence-corrected chi connectivity index (χ1v) is 10.7. The number of carbonyl (C=O) groups excluding carboxylic acids is 3. The van der Waals surface area contributed by atoms with Gasteiger partial charge in [0.1, 0.15) is 6.54 Å². The standard InChI is InChI=1S/C22H23N3O3S/c26-20(23-13-16-7-6-12-29-16)15-25-14-18(17-8-2-3-9-19(17)25)21(27)22(28)24-10-4-1-5-11-24/h2-3,6-9,12,14H,1,4-5,10-11,13,15H2,(H,23,26). The highest BCUT2D eigenvalue weighted by molar-refractivity contribution is 7.09. The summed E-state index contributed by atoms with van der Waals surface area (Å²) in [5.41, 5.74) is 1.13. The van der Waals surface area contributed by atoms with Gasteiger partial charge in [-0.15, -0.1) is 11.3 Å². The Labute approximate surface area is 173 Å². The maximum atomic E-state index is 12.9. The second-order valence-corrected chi connectivity index (χ2v) is 8.26. The Kier molecular flexibility index (Phi) is 5.76. The van der Waals surface area contributed by atoms with Crippen molar-refractivity contribution in [3.8, 4) is 0 Å². The van der Waals surface area contributed by atoms with Gasteiger partial charge in [-0.2, -0.15) is 0 Å². The maximum absolute atomic E-state index is 12.9. The number of para-hydroxylation sites is 1. The van der Waals surface area contributed by atoms with Crippen molar-refractivity contribution in [2.45, 2.75) is 32.4 Å². The fourth-order valence-electron chi connectivity index (χ4n) is 3.72. The van der Waals surface area contributed by atoms with Crippen molar-refractivity contribution in [1.82, 2.24) is 14.8 Å². The maximum Gasteiger partial charge on any atom is 0.295 e. The van der Waals surface area contributed by atoms with Gasteiger partial charge in [-0.05, 0) is 36.8 Å². The average Bonchev–Trinajstić information content (AvgIpc) is 3.40. The number of aromatic nitrogens is 1. The predicted octanol–water partition coefficient (Wildman–Crippen LogP) is 3.21. The van der Waals surface area contributed by atoms with Crippen molar-refractivity contribution >= 4 is 39.8 Å². The van der Waals surface area contributed by atoms with E-state index in [2.05, 4.69) is 5.32 Å². The third-order valence-corrected chi connectivity index (χ3v) is 6.10. The fourth-order valence-corrected chi connectivity index (χ4v) is 4.37. The molecule has 0 saturated carbocycles. The molecule has 1 fully saturated rings. The van der Waals surface area contributed by atoms with Gasteiger partial charge in [0.2, 0.25) is 5.91 Å². The van der Waals surface area contributed by atoms with E-state index in [1.54, 1.807) is 27.0 Å². The highest BCUT2D eigenvalue weighted by Gasteiger charge is 2.27. The van der Waals surface area contributed by atoms with E-state index in [1.165, 1.54) is 0 Å². The number of amides is 2. The first-order valence-electron chi connectivity index (χ1n) is 9.84. The summed E-state index contributed by atoms with van der Waals surface area (Å²) in [7, 11) is 0. The van der Waals surface area contributed by atoms with Crippen molar-refractivity contribution in [2.75, 3.05) is 13.1 Å².